The molecule has 0 aliphatic carbocycles. The highest BCUT2D eigenvalue weighted by atomic mass is 33.1. The van der Waals surface area contributed by atoms with Gasteiger partial charge in [0, 0.05) is 57.2 Å². The smallest absolute Gasteiger partial charge is 0.136 e. The number of likely N-dealkylation sites (N-methyl/N-ethyl adjacent to an activating group) is 3. The van der Waals surface area contributed by atoms with Crippen LogP contribution in [0.3, 0.4) is 0 Å². The number of aldehydes is 2. The number of nitrogens with one attached hydrogen (secondary N) is 1. The molecular weight excluding hydrogens is 1180 g/mol. The van der Waals surface area contributed by atoms with E-state index in [0.717, 1.165) is 153 Å². The topological polar surface area (TPSA) is 140 Å². The van der Waals surface area contributed by atoms with E-state index >= 15 is 0 Å². The van der Waals surface area contributed by atoms with E-state index in [1.54, 1.807) is 0 Å². The third-order valence-electron chi connectivity index (χ3n) is 17.0. The molecule has 0 aromatic heterocycles. The number of aliphatic hydroxyl groups is 4. The lowest BCUT2D eigenvalue weighted by molar-refractivity contribution is -0.109. The predicted molar refractivity (Wildman–Crippen MR) is 411 cm³/mol. The standard InChI is InChI=1S/C45H84N2O3S2.C28H57NO3.C6H16N2/c1-4-6-8-10-12-14-16-18-20-22-24-26-28-30-34-44(49)40-47(37-32-33-38-51-52-39-36-43(42-48)46-3)41-45(50)35-31-29-27-25-23-21-19-17-15-13-11-9-7-5-2;1-3-5-7-9-11-13-15-17-21-27(31)25-29(23-19-20-24-30)26-28(32)22-18-16-14-12-10-8-6-4-2;1-7(2)5-6-8(3)4/h12-15,18-21,42-46,49-50H,4-11,16-17,22-41H2,1-3H3;24,27-28,31-32H,3-23,25-26H2,1-2H3;5-6H2,1-4H3/b14-12-,15-13-,20-18-,21-19-;;. The number of allylic oxidation sites excluding steroid dienone is 8. The van der Waals surface area contributed by atoms with Crippen molar-refractivity contribution in [1.82, 2.24) is 24.9 Å². The second kappa shape index (κ2) is 80.3. The number of carbonyl (C=O) groups excluding carboxylic acids is 2. The van der Waals surface area contributed by atoms with Crippen LogP contribution in [0.15, 0.2) is 48.6 Å². The van der Waals surface area contributed by atoms with Crippen molar-refractivity contribution in [3.05, 3.63) is 48.6 Å². The summed E-state index contributed by atoms with van der Waals surface area (Å²) in [5, 5.41) is 45.9. The summed E-state index contributed by atoms with van der Waals surface area (Å²) in [5.41, 5.74) is 0. The van der Waals surface area contributed by atoms with Gasteiger partial charge < -0.3 is 45.1 Å². The van der Waals surface area contributed by atoms with Gasteiger partial charge in [0.25, 0.3) is 0 Å². The van der Waals surface area contributed by atoms with Crippen molar-refractivity contribution < 1.29 is 30.0 Å². The van der Waals surface area contributed by atoms with Crippen molar-refractivity contribution in [2.45, 2.75) is 347 Å². The van der Waals surface area contributed by atoms with Gasteiger partial charge in [-0.15, -0.1) is 0 Å². The van der Waals surface area contributed by atoms with Gasteiger partial charge >= 0.3 is 0 Å². The minimum absolute atomic E-state index is 0.0429. The van der Waals surface area contributed by atoms with E-state index in [1.807, 2.05) is 28.6 Å². The number of rotatable bonds is 70. The van der Waals surface area contributed by atoms with E-state index in [1.165, 1.54) is 180 Å². The lowest BCUT2D eigenvalue weighted by Gasteiger charge is -2.27. The Morgan fingerprint density at radius 1 is 0.337 bits per heavy atom. The van der Waals surface area contributed by atoms with Gasteiger partial charge in [-0.3, -0.25) is 9.80 Å². The number of unbranched alkanes of at least 4 members (excludes halogenated alkanes) is 30. The maximum atomic E-state index is 11.0. The van der Waals surface area contributed by atoms with Crippen LogP contribution in [-0.2, 0) is 9.59 Å². The van der Waals surface area contributed by atoms with Crippen LogP contribution in [0.5, 0.6) is 0 Å². The Balaban J connectivity index is -0.00000167. The molecule has 0 aliphatic rings. The molecule has 5 N–H and O–H groups in total. The second-order valence-electron chi connectivity index (χ2n) is 27.1. The van der Waals surface area contributed by atoms with Gasteiger partial charge in [0.2, 0.25) is 0 Å². The van der Waals surface area contributed by atoms with Crippen LogP contribution in [0.25, 0.3) is 0 Å². The molecule has 0 saturated heterocycles. The zero-order chi connectivity index (χ0) is 68.3. The molecule has 0 spiro atoms. The molecular formula is C79H157N5O6S2. The van der Waals surface area contributed by atoms with Crippen molar-refractivity contribution in [2.24, 2.45) is 0 Å². The predicted octanol–water partition coefficient (Wildman–Crippen LogP) is 19.4. The van der Waals surface area contributed by atoms with Crippen LogP contribution in [0.1, 0.15) is 317 Å². The van der Waals surface area contributed by atoms with Crippen molar-refractivity contribution in [2.75, 3.05) is 99.1 Å². The number of hydrogen-bond donors (Lipinski definition) is 5. The Morgan fingerprint density at radius 3 is 0.967 bits per heavy atom. The highest BCUT2D eigenvalue weighted by Crippen LogP contribution is 2.24. The molecule has 546 valence electrons. The van der Waals surface area contributed by atoms with Crippen LogP contribution in [0, 0.1) is 0 Å². The quantitative estimate of drug-likeness (QED) is 0.0171. The highest BCUT2D eigenvalue weighted by Gasteiger charge is 2.18. The summed E-state index contributed by atoms with van der Waals surface area (Å²) in [6, 6.07) is -0.0429. The fourth-order valence-corrected chi connectivity index (χ4v) is 13.3. The van der Waals surface area contributed by atoms with Gasteiger partial charge in [-0.1, -0.05) is 265 Å². The monoisotopic (exact) mass is 1340 g/mol. The van der Waals surface area contributed by atoms with Gasteiger partial charge in [0.15, 0.2) is 0 Å². The second-order valence-corrected chi connectivity index (χ2v) is 29.8. The van der Waals surface area contributed by atoms with Crippen LogP contribution in [0.4, 0.5) is 0 Å². The molecule has 0 aliphatic heterocycles. The SMILES string of the molecule is CCCCC/C=C\C/C=C\CCCCCCC(O)CN(CCCCSSCCC(C=O)NC)CC(O)CCCCCC/C=C\C/C=C\CCCCC.CCCCCCCCCCC(O)CN(CCCC=O)CC(O)CCCCCCCCCC.CN(C)CCN(C)C. The maximum absolute atomic E-state index is 11.0. The zero-order valence-corrected chi connectivity index (χ0v) is 63.9. The Labute approximate surface area is 580 Å². The van der Waals surface area contributed by atoms with Crippen LogP contribution >= 0.6 is 21.6 Å². The summed E-state index contributed by atoms with van der Waals surface area (Å²) >= 11 is 0. The van der Waals surface area contributed by atoms with E-state index in [2.05, 4.69) is 129 Å². The molecule has 0 heterocycles. The van der Waals surface area contributed by atoms with Crippen molar-refractivity contribution in [3.8, 4) is 0 Å². The molecule has 0 rings (SSSR count). The molecule has 13 heteroatoms. The van der Waals surface area contributed by atoms with E-state index in [9.17, 15) is 30.0 Å². The summed E-state index contributed by atoms with van der Waals surface area (Å²) in [6.07, 6.45) is 71.4. The number of nitrogens with zero attached hydrogens (tertiary/aromatic N) is 4. The summed E-state index contributed by atoms with van der Waals surface area (Å²) in [7, 11) is 13.9. The first-order valence-corrected chi connectivity index (χ1v) is 41.2. The number of carbonyl (C=O) groups is 2. The van der Waals surface area contributed by atoms with Gasteiger partial charge in [0.1, 0.15) is 12.6 Å². The molecule has 0 aromatic rings. The Bertz CT molecular complexity index is 1470. The van der Waals surface area contributed by atoms with E-state index in [-0.39, 0.29) is 30.5 Å². The fraction of sp³-hybridized carbons (Fsp3) is 0.873. The summed E-state index contributed by atoms with van der Waals surface area (Å²) in [5.74, 6) is 2.06. The molecule has 5 atom stereocenters. The Hall–Kier alpha value is -1.36. The molecule has 0 saturated carbocycles. The number of aliphatic hydroxyl groups excluding tert-OH is 4. The molecule has 92 heavy (non-hydrogen) atoms. The highest BCUT2D eigenvalue weighted by molar-refractivity contribution is 8.76. The first-order chi connectivity index (χ1) is 44.8. The normalized spacial score (nSPS) is 13.7. The summed E-state index contributed by atoms with van der Waals surface area (Å²) < 4.78 is 0. The maximum Gasteiger partial charge on any atom is 0.136 e. The third-order valence-corrected chi connectivity index (χ3v) is 19.5. The minimum Gasteiger partial charge on any atom is -0.392 e. The number of hydrogen-bond acceptors (Lipinski definition) is 13. The molecule has 0 amide bonds. The van der Waals surface area contributed by atoms with Crippen molar-refractivity contribution >= 4 is 34.2 Å². The van der Waals surface area contributed by atoms with Gasteiger partial charge in [-0.05, 0) is 164 Å². The zero-order valence-electron chi connectivity index (χ0n) is 62.3. The first kappa shape index (κ1) is 94.8. The third kappa shape index (κ3) is 81.1. The van der Waals surface area contributed by atoms with Crippen LogP contribution in [0.2, 0.25) is 0 Å². The molecule has 11 nitrogen and oxygen atoms in total. The first-order valence-electron chi connectivity index (χ1n) is 38.7. The fourth-order valence-electron chi connectivity index (χ4n) is 11.0. The Morgan fingerprint density at radius 2 is 0.641 bits per heavy atom. The van der Waals surface area contributed by atoms with Crippen molar-refractivity contribution in [1.29, 1.82) is 0 Å². The van der Waals surface area contributed by atoms with E-state index in [0.29, 0.717) is 32.6 Å². The molecule has 0 bridgehead atoms. The van der Waals surface area contributed by atoms with E-state index < -0.39 is 0 Å². The molecule has 0 aromatic carbocycles. The minimum atomic E-state index is -0.332. The largest absolute Gasteiger partial charge is 0.392 e. The van der Waals surface area contributed by atoms with Gasteiger partial charge in [-0.25, -0.2) is 0 Å². The van der Waals surface area contributed by atoms with Crippen molar-refractivity contribution in [3.63, 3.8) is 0 Å². The summed E-state index contributed by atoms with van der Waals surface area (Å²) in [6.45, 7) is 15.5. The van der Waals surface area contributed by atoms with Crippen LogP contribution < -0.4 is 5.32 Å². The average Bonchev–Trinajstić information content (AvgIpc) is 3.16. The van der Waals surface area contributed by atoms with Crippen LogP contribution in [-0.4, -0.2) is 182 Å². The van der Waals surface area contributed by atoms with Gasteiger partial charge in [-0.2, -0.15) is 0 Å². The Kier molecular flexibility index (Phi) is 82.8. The average molecular weight is 1340 g/mol. The van der Waals surface area contributed by atoms with E-state index in [4.69, 9.17) is 0 Å². The molecule has 5 unspecified atom stereocenters. The molecule has 0 fully saturated rings. The summed E-state index contributed by atoms with van der Waals surface area (Å²) in [4.78, 5) is 30.5. The van der Waals surface area contributed by atoms with Gasteiger partial charge in [0.05, 0.1) is 30.5 Å². The lowest BCUT2D eigenvalue weighted by atomic mass is 10.0. The molecule has 0 radical (unpaired) electrons. The lowest BCUT2D eigenvalue weighted by Crippen LogP contribution is -2.38.